The average molecular weight is 317 g/mol. The summed E-state index contributed by atoms with van der Waals surface area (Å²) in [4.78, 5) is 0. The van der Waals surface area contributed by atoms with Crippen molar-refractivity contribution in [1.82, 2.24) is 0 Å². The van der Waals surface area contributed by atoms with E-state index in [4.69, 9.17) is 16.3 Å². The Balaban J connectivity index is 2.01. The second-order valence-corrected chi connectivity index (χ2v) is 5.12. The van der Waals surface area contributed by atoms with Gasteiger partial charge < -0.3 is 4.74 Å². The number of epoxide rings is 1. The van der Waals surface area contributed by atoms with Gasteiger partial charge in [-0.3, -0.25) is 0 Å². The van der Waals surface area contributed by atoms with Gasteiger partial charge in [-0.15, -0.1) is 11.6 Å². The average Bonchev–Trinajstić information content (AvgIpc) is 3.13. The lowest BCUT2D eigenvalue weighted by Crippen LogP contribution is -2.15. The molecule has 0 bridgehead atoms. The Hall–Kier alpha value is -1.59. The van der Waals surface area contributed by atoms with Gasteiger partial charge in [-0.05, 0) is 23.8 Å². The normalized spacial score (nSPS) is 24.1. The number of rotatable bonds is 3. The van der Waals surface area contributed by atoms with Gasteiger partial charge in [0.2, 0.25) is 0 Å². The van der Waals surface area contributed by atoms with Gasteiger partial charge >= 0.3 is 0 Å². The van der Waals surface area contributed by atoms with Crippen molar-refractivity contribution in [2.45, 2.75) is 11.7 Å². The molecule has 1 nitrogen and oxygen atoms in total. The predicted molar refractivity (Wildman–Crippen MR) is 68.9 cm³/mol. The van der Waals surface area contributed by atoms with Crippen LogP contribution in [0.5, 0.6) is 0 Å². The Morgan fingerprint density at radius 1 is 0.952 bits per heavy atom. The van der Waals surface area contributed by atoms with Crippen molar-refractivity contribution in [2.75, 3.05) is 5.88 Å². The first kappa shape index (κ1) is 14.4. The summed E-state index contributed by atoms with van der Waals surface area (Å²) >= 11 is 5.85. The molecular weight excluding hydrogens is 308 g/mol. The molecule has 1 aliphatic rings. The summed E-state index contributed by atoms with van der Waals surface area (Å²) in [7, 11) is 0. The van der Waals surface area contributed by atoms with Crippen LogP contribution >= 0.6 is 11.6 Å². The Morgan fingerprint density at radius 3 is 2.19 bits per heavy atom. The van der Waals surface area contributed by atoms with E-state index < -0.39 is 35.0 Å². The first-order valence-electron chi connectivity index (χ1n) is 6.11. The van der Waals surface area contributed by atoms with Crippen LogP contribution < -0.4 is 0 Å². The monoisotopic (exact) mass is 316 g/mol. The number of alkyl halides is 1. The van der Waals surface area contributed by atoms with Crippen molar-refractivity contribution in [3.05, 3.63) is 70.8 Å². The molecule has 0 saturated carbocycles. The lowest BCUT2D eigenvalue weighted by molar-refractivity contribution is 0.309. The molecule has 0 radical (unpaired) electrons. The number of ether oxygens (including phenoxy) is 1. The number of benzene rings is 2. The van der Waals surface area contributed by atoms with E-state index in [1.807, 2.05) is 0 Å². The second kappa shape index (κ2) is 5.00. The summed E-state index contributed by atoms with van der Waals surface area (Å²) in [6.07, 6.45) is -0.778. The van der Waals surface area contributed by atoms with E-state index in [2.05, 4.69) is 0 Å². The summed E-state index contributed by atoms with van der Waals surface area (Å²) < 4.78 is 58.8. The van der Waals surface area contributed by atoms with Gasteiger partial charge in [0, 0.05) is 17.7 Å². The van der Waals surface area contributed by atoms with Gasteiger partial charge in [0.05, 0.1) is 5.88 Å². The molecule has 2 aromatic carbocycles. The lowest BCUT2D eigenvalue weighted by atomic mass is 9.93. The second-order valence-electron chi connectivity index (χ2n) is 4.85. The molecule has 0 amide bonds. The molecule has 110 valence electrons. The fourth-order valence-corrected chi connectivity index (χ4v) is 2.80. The van der Waals surface area contributed by atoms with Gasteiger partial charge in [-0.1, -0.05) is 6.07 Å². The topological polar surface area (TPSA) is 12.5 Å². The molecule has 6 heteroatoms. The number of halogens is 5. The van der Waals surface area contributed by atoms with Gasteiger partial charge in [0.25, 0.3) is 0 Å². The van der Waals surface area contributed by atoms with Gasteiger partial charge in [-0.2, -0.15) is 0 Å². The van der Waals surface area contributed by atoms with Gasteiger partial charge in [0.15, 0.2) is 0 Å². The largest absolute Gasteiger partial charge is 0.354 e. The highest BCUT2D eigenvalue weighted by Gasteiger charge is 2.59. The maximum atomic E-state index is 13.9. The zero-order chi connectivity index (χ0) is 15.2. The van der Waals surface area contributed by atoms with Crippen molar-refractivity contribution < 1.29 is 22.3 Å². The van der Waals surface area contributed by atoms with Crippen molar-refractivity contribution in [2.24, 2.45) is 0 Å². The third-order valence-electron chi connectivity index (χ3n) is 3.47. The number of hydrogen-bond acceptors (Lipinski definition) is 1. The van der Waals surface area contributed by atoms with Crippen molar-refractivity contribution in [3.8, 4) is 0 Å². The van der Waals surface area contributed by atoms with Crippen molar-refractivity contribution >= 4 is 11.6 Å². The van der Waals surface area contributed by atoms with Crippen LogP contribution in [0.4, 0.5) is 17.6 Å². The molecule has 0 spiro atoms. The Morgan fingerprint density at radius 2 is 1.62 bits per heavy atom. The van der Waals surface area contributed by atoms with E-state index in [-0.39, 0.29) is 17.0 Å². The molecular formula is C15H9ClF4O. The summed E-state index contributed by atoms with van der Waals surface area (Å²) in [5.74, 6) is -3.18. The minimum Gasteiger partial charge on any atom is -0.354 e. The molecule has 0 aromatic heterocycles. The first-order chi connectivity index (χ1) is 9.96. The lowest BCUT2D eigenvalue weighted by Gasteiger charge is -2.11. The van der Waals surface area contributed by atoms with Crippen LogP contribution in [-0.2, 0) is 10.3 Å². The summed E-state index contributed by atoms with van der Waals surface area (Å²) in [5.41, 5.74) is -0.954. The Bertz CT molecular complexity index is 686. The molecule has 2 unspecified atom stereocenters. The molecule has 0 N–H and O–H groups in total. The zero-order valence-corrected chi connectivity index (χ0v) is 11.3. The Labute approximate surface area is 123 Å². The first-order valence-corrected chi connectivity index (χ1v) is 6.65. The Kier molecular flexibility index (Phi) is 3.42. The molecule has 21 heavy (non-hydrogen) atoms. The molecule has 1 aliphatic heterocycles. The van der Waals surface area contributed by atoms with E-state index in [1.54, 1.807) is 0 Å². The highest BCUT2D eigenvalue weighted by Crippen LogP contribution is 2.58. The fraction of sp³-hybridized carbons (Fsp3) is 0.200. The molecule has 2 aromatic rings. The molecule has 3 rings (SSSR count). The van der Waals surface area contributed by atoms with Crippen molar-refractivity contribution in [1.29, 1.82) is 0 Å². The minimum absolute atomic E-state index is 0.0635. The quantitative estimate of drug-likeness (QED) is 0.463. The van der Waals surface area contributed by atoms with Gasteiger partial charge in [-0.25, -0.2) is 17.6 Å². The zero-order valence-electron chi connectivity index (χ0n) is 10.5. The van der Waals surface area contributed by atoms with E-state index in [0.717, 1.165) is 24.3 Å². The number of hydrogen-bond donors (Lipinski definition) is 0. The van der Waals surface area contributed by atoms with E-state index >= 15 is 0 Å². The maximum absolute atomic E-state index is 13.9. The third-order valence-corrected chi connectivity index (χ3v) is 3.86. The van der Waals surface area contributed by atoms with Crippen LogP contribution in [0.15, 0.2) is 36.4 Å². The maximum Gasteiger partial charge on any atom is 0.141 e. The fourth-order valence-electron chi connectivity index (χ4n) is 2.45. The van der Waals surface area contributed by atoms with Crippen LogP contribution in [-0.4, -0.2) is 5.88 Å². The third kappa shape index (κ3) is 2.40. The summed E-state index contributed by atoms with van der Waals surface area (Å²) in [6, 6.07) is 5.95. The van der Waals surface area contributed by atoms with E-state index in [1.165, 1.54) is 6.07 Å². The molecule has 2 atom stereocenters. The SMILES string of the molecule is Fc1cc(F)cc(C2OC2(CCl)c2ccc(F)cc2F)c1. The molecule has 1 fully saturated rings. The van der Waals surface area contributed by atoms with Crippen molar-refractivity contribution in [3.63, 3.8) is 0 Å². The van der Waals surface area contributed by atoms with Crippen LogP contribution in [0.3, 0.4) is 0 Å². The minimum atomic E-state index is -1.24. The summed E-state index contributed by atoms with van der Waals surface area (Å²) in [5, 5.41) is 0. The van der Waals surface area contributed by atoms with Crippen LogP contribution in [0.1, 0.15) is 17.2 Å². The van der Waals surface area contributed by atoms with Crippen LogP contribution in [0.2, 0.25) is 0 Å². The van der Waals surface area contributed by atoms with Crippen LogP contribution in [0.25, 0.3) is 0 Å². The predicted octanol–water partition coefficient (Wildman–Crippen LogP) is 4.45. The smallest absolute Gasteiger partial charge is 0.141 e. The van der Waals surface area contributed by atoms with E-state index in [0.29, 0.717) is 6.07 Å². The molecule has 0 aliphatic carbocycles. The van der Waals surface area contributed by atoms with E-state index in [9.17, 15) is 17.6 Å². The molecule has 1 saturated heterocycles. The van der Waals surface area contributed by atoms with Crippen LogP contribution in [0, 0.1) is 23.3 Å². The molecule has 1 heterocycles. The van der Waals surface area contributed by atoms with Gasteiger partial charge in [0.1, 0.15) is 35.0 Å². The highest BCUT2D eigenvalue weighted by atomic mass is 35.5. The highest BCUT2D eigenvalue weighted by molar-refractivity contribution is 6.18. The standard InChI is InChI=1S/C15H9ClF4O/c16-7-15(12-2-1-9(17)6-13(12)20)14(21-15)8-3-10(18)5-11(19)4-8/h1-6,14H,7H2. The summed E-state index contributed by atoms with van der Waals surface area (Å²) in [6.45, 7) is 0.